The summed E-state index contributed by atoms with van der Waals surface area (Å²) in [6, 6.07) is 42.0. The van der Waals surface area contributed by atoms with Gasteiger partial charge in [-0.05, 0) is 120 Å². The van der Waals surface area contributed by atoms with E-state index in [0.717, 1.165) is 17.9 Å². The summed E-state index contributed by atoms with van der Waals surface area (Å²) >= 11 is 0. The van der Waals surface area contributed by atoms with Crippen LogP contribution in [0.2, 0.25) is 0 Å². The second kappa shape index (κ2) is 14.3. The van der Waals surface area contributed by atoms with E-state index in [9.17, 15) is 0 Å². The van der Waals surface area contributed by atoms with Gasteiger partial charge in [0.05, 0.1) is 12.1 Å². The lowest BCUT2D eigenvalue weighted by Gasteiger charge is -2.27. The van der Waals surface area contributed by atoms with E-state index in [1.165, 1.54) is 77.9 Å². The third kappa shape index (κ3) is 7.22. The van der Waals surface area contributed by atoms with E-state index in [2.05, 4.69) is 202 Å². The molecule has 8 rings (SSSR count). The summed E-state index contributed by atoms with van der Waals surface area (Å²) in [5, 5.41) is 11.4. The van der Waals surface area contributed by atoms with Crippen LogP contribution in [0.25, 0.3) is 28.1 Å². The Labute approximate surface area is 308 Å². The van der Waals surface area contributed by atoms with Crippen LogP contribution in [-0.4, -0.2) is 6.54 Å². The van der Waals surface area contributed by atoms with Gasteiger partial charge in [-0.25, -0.2) is 0 Å². The zero-order chi connectivity index (χ0) is 35.6. The quantitative estimate of drug-likeness (QED) is 0.161. The number of hydrogen-bond donors (Lipinski definition) is 3. The molecule has 3 nitrogen and oxygen atoms in total. The van der Waals surface area contributed by atoms with Crippen molar-refractivity contribution >= 4 is 28.1 Å². The van der Waals surface area contributed by atoms with E-state index in [1.54, 1.807) is 0 Å². The highest BCUT2D eigenvalue weighted by molar-refractivity contribution is 5.88. The molecule has 256 valence electrons. The maximum absolute atomic E-state index is 3.82. The lowest BCUT2D eigenvalue weighted by molar-refractivity contribution is 0.748. The first kappa shape index (κ1) is 33.1. The first-order chi connectivity index (χ1) is 25.3. The lowest BCUT2D eigenvalue weighted by Crippen LogP contribution is -2.22. The predicted octanol–water partition coefficient (Wildman–Crippen LogP) is 11.0. The average molecular weight is 676 g/mol. The SMILES string of the molecule is Cc1cc(C)cc(C2=CNC(c3cc(C4=CC(c5ccccc5)NC(c5ccccc5)=C4)cc(C4=CC=C(c5cc(C)cc(C)c5)CN4)c3)C=C2)c1. The van der Waals surface area contributed by atoms with Crippen LogP contribution in [0.3, 0.4) is 0 Å². The Bertz CT molecular complexity index is 2290. The fourth-order valence-corrected chi connectivity index (χ4v) is 7.65. The fraction of sp³-hybridized carbons (Fsp3) is 0.143. The molecule has 3 aliphatic heterocycles. The second-order valence-corrected chi connectivity index (χ2v) is 14.4. The first-order valence-corrected chi connectivity index (χ1v) is 18.3. The summed E-state index contributed by atoms with van der Waals surface area (Å²) in [6.45, 7) is 9.45. The molecule has 0 saturated carbocycles. The van der Waals surface area contributed by atoms with E-state index in [1.807, 2.05) is 0 Å². The minimum atomic E-state index is 0.0312. The van der Waals surface area contributed by atoms with Crippen LogP contribution in [0.15, 0.2) is 158 Å². The topological polar surface area (TPSA) is 36.1 Å². The summed E-state index contributed by atoms with van der Waals surface area (Å²) in [4.78, 5) is 0. The van der Waals surface area contributed by atoms with Gasteiger partial charge in [0.15, 0.2) is 0 Å². The molecule has 0 aromatic heterocycles. The number of allylic oxidation sites excluding steroid dienone is 6. The molecule has 3 heteroatoms. The van der Waals surface area contributed by atoms with Crippen molar-refractivity contribution in [1.29, 1.82) is 0 Å². The molecule has 5 aromatic rings. The maximum Gasteiger partial charge on any atom is 0.0707 e. The second-order valence-electron chi connectivity index (χ2n) is 14.4. The highest BCUT2D eigenvalue weighted by Crippen LogP contribution is 2.36. The minimum absolute atomic E-state index is 0.0312. The Balaban J connectivity index is 1.21. The van der Waals surface area contributed by atoms with Crippen LogP contribution in [0.5, 0.6) is 0 Å². The fourth-order valence-electron chi connectivity index (χ4n) is 7.65. The van der Waals surface area contributed by atoms with Crippen molar-refractivity contribution in [3.63, 3.8) is 0 Å². The summed E-state index contributed by atoms with van der Waals surface area (Å²) < 4.78 is 0. The zero-order valence-corrected chi connectivity index (χ0v) is 30.4. The van der Waals surface area contributed by atoms with Gasteiger partial charge >= 0.3 is 0 Å². The molecule has 0 amide bonds. The van der Waals surface area contributed by atoms with Gasteiger partial charge in [-0.3, -0.25) is 0 Å². The monoisotopic (exact) mass is 675 g/mol. The third-order valence-electron chi connectivity index (χ3n) is 10.1. The molecule has 0 fully saturated rings. The van der Waals surface area contributed by atoms with Crippen molar-refractivity contribution in [2.24, 2.45) is 0 Å². The average Bonchev–Trinajstić information content (AvgIpc) is 3.17. The van der Waals surface area contributed by atoms with Gasteiger partial charge in [0.1, 0.15) is 0 Å². The van der Waals surface area contributed by atoms with Crippen molar-refractivity contribution in [3.8, 4) is 0 Å². The first-order valence-electron chi connectivity index (χ1n) is 18.3. The number of nitrogens with one attached hydrogen (secondary N) is 3. The van der Waals surface area contributed by atoms with Gasteiger partial charge in [-0.2, -0.15) is 0 Å². The molecule has 0 radical (unpaired) electrons. The van der Waals surface area contributed by atoms with Gasteiger partial charge in [-0.1, -0.05) is 138 Å². The van der Waals surface area contributed by atoms with Crippen molar-refractivity contribution < 1.29 is 0 Å². The van der Waals surface area contributed by atoms with E-state index in [0.29, 0.717) is 0 Å². The molecule has 2 unspecified atom stereocenters. The van der Waals surface area contributed by atoms with Gasteiger partial charge in [0.2, 0.25) is 0 Å². The van der Waals surface area contributed by atoms with Gasteiger partial charge in [0.25, 0.3) is 0 Å². The molecule has 2 atom stereocenters. The minimum Gasteiger partial charge on any atom is -0.380 e. The summed E-state index contributed by atoms with van der Waals surface area (Å²) in [5.74, 6) is 0. The van der Waals surface area contributed by atoms with Crippen molar-refractivity contribution in [2.45, 2.75) is 39.8 Å². The number of hydrogen-bond acceptors (Lipinski definition) is 3. The Hall–Kier alpha value is -6.06. The summed E-state index contributed by atoms with van der Waals surface area (Å²) in [5.41, 5.74) is 19.6. The Morgan fingerprint density at radius 3 is 1.79 bits per heavy atom. The standard InChI is InChI=1S/C49H45N3/c1-32-19-33(2)22-40(21-32)38-15-17-46(50-30-38)44-25-42(26-45(27-44)47-18-16-39(31-51-47)41-23-34(3)20-35(4)24-41)43-28-48(36-11-7-5-8-12-36)52-49(29-43)37-13-9-6-10-14-37/h5-30,46,48,50-52H,31H2,1-4H3. The highest BCUT2D eigenvalue weighted by atomic mass is 14.9. The van der Waals surface area contributed by atoms with E-state index in [-0.39, 0.29) is 12.1 Å². The molecule has 3 N–H and O–H groups in total. The maximum atomic E-state index is 3.82. The smallest absolute Gasteiger partial charge is 0.0707 e. The number of rotatable bonds is 7. The van der Waals surface area contributed by atoms with Crippen LogP contribution in [-0.2, 0) is 0 Å². The van der Waals surface area contributed by atoms with Crippen molar-refractivity contribution in [1.82, 2.24) is 16.0 Å². The van der Waals surface area contributed by atoms with E-state index < -0.39 is 0 Å². The molecule has 3 heterocycles. The van der Waals surface area contributed by atoms with E-state index in [4.69, 9.17) is 0 Å². The van der Waals surface area contributed by atoms with Gasteiger partial charge < -0.3 is 16.0 Å². The van der Waals surface area contributed by atoms with Crippen LogP contribution in [0.4, 0.5) is 0 Å². The highest BCUT2D eigenvalue weighted by Gasteiger charge is 2.21. The Morgan fingerprint density at radius 2 is 1.15 bits per heavy atom. The largest absolute Gasteiger partial charge is 0.380 e. The molecule has 3 aliphatic rings. The number of aryl methyl sites for hydroxylation is 4. The van der Waals surface area contributed by atoms with Crippen LogP contribution in [0, 0.1) is 27.7 Å². The summed E-state index contributed by atoms with van der Waals surface area (Å²) in [7, 11) is 0. The summed E-state index contributed by atoms with van der Waals surface area (Å²) in [6.07, 6.45) is 15.9. The van der Waals surface area contributed by atoms with Crippen molar-refractivity contribution in [3.05, 3.63) is 219 Å². The molecular formula is C49H45N3. The molecule has 0 bridgehead atoms. The Morgan fingerprint density at radius 1 is 0.519 bits per heavy atom. The predicted molar refractivity (Wildman–Crippen MR) is 220 cm³/mol. The Kier molecular flexibility index (Phi) is 9.09. The lowest BCUT2D eigenvalue weighted by atomic mass is 9.89. The van der Waals surface area contributed by atoms with Gasteiger partial charge in [0, 0.05) is 24.1 Å². The molecule has 0 aliphatic carbocycles. The third-order valence-corrected chi connectivity index (χ3v) is 10.1. The number of dihydropyridines is 3. The van der Waals surface area contributed by atoms with Crippen molar-refractivity contribution in [2.75, 3.05) is 6.54 Å². The number of benzene rings is 5. The van der Waals surface area contributed by atoms with E-state index >= 15 is 0 Å². The molecule has 5 aromatic carbocycles. The normalized spacial score (nSPS) is 18.1. The van der Waals surface area contributed by atoms with Gasteiger partial charge in [-0.15, -0.1) is 0 Å². The van der Waals surface area contributed by atoms with Crippen LogP contribution < -0.4 is 16.0 Å². The molecule has 0 saturated heterocycles. The zero-order valence-electron chi connectivity index (χ0n) is 30.4. The molecule has 52 heavy (non-hydrogen) atoms. The molecule has 0 spiro atoms. The van der Waals surface area contributed by atoms with Crippen LogP contribution >= 0.6 is 0 Å². The molecular weight excluding hydrogens is 631 g/mol. The van der Waals surface area contributed by atoms with Crippen LogP contribution in [0.1, 0.15) is 73.3 Å².